The van der Waals surface area contributed by atoms with Crippen molar-refractivity contribution < 1.29 is 23.5 Å². The van der Waals surface area contributed by atoms with E-state index in [-0.39, 0.29) is 24.3 Å². The van der Waals surface area contributed by atoms with Crippen LogP contribution in [0.2, 0.25) is 0 Å². The molecular weight excluding hydrogens is 388 g/mol. The van der Waals surface area contributed by atoms with Gasteiger partial charge in [0.2, 0.25) is 11.8 Å². The van der Waals surface area contributed by atoms with Crippen molar-refractivity contribution in [1.29, 1.82) is 0 Å². The number of ether oxygens (including phenoxy) is 2. The molecule has 3 rings (SSSR count). The Morgan fingerprint density at radius 3 is 2.90 bits per heavy atom. The molecule has 1 aliphatic heterocycles. The van der Waals surface area contributed by atoms with Crippen molar-refractivity contribution in [3.63, 3.8) is 0 Å². The van der Waals surface area contributed by atoms with Crippen LogP contribution < -0.4 is 5.32 Å². The van der Waals surface area contributed by atoms with Gasteiger partial charge in [0.25, 0.3) is 0 Å². The maximum Gasteiger partial charge on any atom is 0.244 e. The summed E-state index contributed by atoms with van der Waals surface area (Å²) in [4.78, 5) is 30.5. The third kappa shape index (κ3) is 6.30. The lowest BCUT2D eigenvalue weighted by Crippen LogP contribution is -2.43. The smallest absolute Gasteiger partial charge is 0.244 e. The molecule has 1 N–H and O–H groups in total. The molecule has 0 atom stereocenters. The van der Waals surface area contributed by atoms with Gasteiger partial charge in [0.15, 0.2) is 0 Å². The van der Waals surface area contributed by atoms with Gasteiger partial charge in [-0.15, -0.1) is 0 Å². The van der Waals surface area contributed by atoms with Gasteiger partial charge in [-0.2, -0.15) is 0 Å². The molecule has 0 unspecified atom stereocenters. The number of nitrogens with one attached hydrogen (secondary N) is 1. The first-order valence-corrected chi connectivity index (χ1v) is 10.0. The normalized spacial score (nSPS) is 15.0. The summed E-state index contributed by atoms with van der Waals surface area (Å²) in [5.41, 5.74) is 0. The van der Waals surface area contributed by atoms with Gasteiger partial charge in [-0.05, 0) is 31.1 Å². The fourth-order valence-corrected chi connectivity index (χ4v) is 3.36. The molecule has 1 saturated heterocycles. The van der Waals surface area contributed by atoms with E-state index >= 15 is 0 Å². The van der Waals surface area contributed by atoms with Gasteiger partial charge in [0.1, 0.15) is 18.3 Å². The Morgan fingerprint density at radius 1 is 1.33 bits per heavy atom. The number of piperidine rings is 1. The molecule has 30 heavy (non-hydrogen) atoms. The Balaban J connectivity index is 1.40. The summed E-state index contributed by atoms with van der Waals surface area (Å²) in [6.07, 6.45) is 9.79. The van der Waals surface area contributed by atoms with E-state index in [1.165, 1.54) is 12.3 Å². The Kier molecular flexibility index (Phi) is 8.22. The molecule has 0 saturated carbocycles. The molecule has 1 fully saturated rings. The zero-order valence-corrected chi connectivity index (χ0v) is 17.2. The van der Waals surface area contributed by atoms with E-state index in [9.17, 15) is 9.59 Å². The van der Waals surface area contributed by atoms with Crippen LogP contribution in [0.15, 0.2) is 41.3 Å². The number of hydrogen-bond donors (Lipinski definition) is 1. The van der Waals surface area contributed by atoms with Crippen molar-refractivity contribution in [1.82, 2.24) is 19.8 Å². The van der Waals surface area contributed by atoms with Gasteiger partial charge in [0.05, 0.1) is 26.0 Å². The third-order valence-corrected chi connectivity index (χ3v) is 4.98. The van der Waals surface area contributed by atoms with Crippen molar-refractivity contribution in [2.75, 3.05) is 40.0 Å². The van der Waals surface area contributed by atoms with Crippen LogP contribution >= 0.6 is 0 Å². The molecule has 1 aliphatic rings. The van der Waals surface area contributed by atoms with Crippen LogP contribution in [0.25, 0.3) is 6.08 Å². The van der Waals surface area contributed by atoms with Gasteiger partial charge in [-0.25, -0.2) is 4.98 Å². The summed E-state index contributed by atoms with van der Waals surface area (Å²) >= 11 is 0. The molecule has 3 heterocycles. The highest BCUT2D eigenvalue weighted by Crippen LogP contribution is 2.27. The average molecular weight is 416 g/mol. The topological polar surface area (TPSA) is 98.8 Å². The number of rotatable bonds is 10. The maximum absolute atomic E-state index is 12.4. The molecule has 162 valence electrons. The van der Waals surface area contributed by atoms with E-state index in [1.807, 2.05) is 10.8 Å². The maximum atomic E-state index is 12.4. The number of methoxy groups -OCH3 is 1. The monoisotopic (exact) mass is 416 g/mol. The number of imidazole rings is 1. The first-order valence-electron chi connectivity index (χ1n) is 10.0. The summed E-state index contributed by atoms with van der Waals surface area (Å²) in [5, 5.41) is 2.62. The molecule has 0 bridgehead atoms. The van der Waals surface area contributed by atoms with Gasteiger partial charge in [0, 0.05) is 44.6 Å². The minimum absolute atomic E-state index is 0.0199. The number of carbonyl (C=O) groups is 2. The van der Waals surface area contributed by atoms with E-state index in [2.05, 4.69) is 10.3 Å². The molecule has 2 amide bonds. The van der Waals surface area contributed by atoms with Gasteiger partial charge in [-0.3, -0.25) is 9.59 Å². The molecule has 0 aliphatic carbocycles. The van der Waals surface area contributed by atoms with E-state index in [0.29, 0.717) is 38.8 Å². The van der Waals surface area contributed by atoms with Gasteiger partial charge >= 0.3 is 0 Å². The van der Waals surface area contributed by atoms with Crippen LogP contribution in [-0.4, -0.2) is 66.2 Å². The summed E-state index contributed by atoms with van der Waals surface area (Å²) in [5.74, 6) is 1.43. The molecule has 9 nitrogen and oxygen atoms in total. The highest BCUT2D eigenvalue weighted by Gasteiger charge is 2.26. The fourth-order valence-electron chi connectivity index (χ4n) is 3.36. The largest absolute Gasteiger partial charge is 0.465 e. The Bertz CT molecular complexity index is 822. The predicted molar refractivity (Wildman–Crippen MR) is 109 cm³/mol. The zero-order chi connectivity index (χ0) is 21.2. The predicted octanol–water partition coefficient (Wildman–Crippen LogP) is 1.63. The minimum atomic E-state index is -0.329. The lowest BCUT2D eigenvalue weighted by Gasteiger charge is -2.32. The highest BCUT2D eigenvalue weighted by molar-refractivity contribution is 5.94. The Morgan fingerprint density at radius 2 is 2.17 bits per heavy atom. The summed E-state index contributed by atoms with van der Waals surface area (Å²) in [6, 6.07) is 3.49. The number of furan rings is 1. The van der Waals surface area contributed by atoms with Gasteiger partial charge < -0.3 is 28.7 Å². The first-order chi connectivity index (χ1) is 14.7. The van der Waals surface area contributed by atoms with Crippen LogP contribution in [0, 0.1) is 0 Å². The van der Waals surface area contributed by atoms with Crippen LogP contribution in [0.1, 0.15) is 30.3 Å². The van der Waals surface area contributed by atoms with Crippen molar-refractivity contribution in [3.05, 3.63) is 48.5 Å². The quantitative estimate of drug-likeness (QED) is 0.467. The number of hydrogen-bond acceptors (Lipinski definition) is 6. The van der Waals surface area contributed by atoms with Crippen molar-refractivity contribution >= 4 is 17.9 Å². The number of carbonyl (C=O) groups excluding carboxylic acids is 2. The molecule has 0 spiro atoms. The van der Waals surface area contributed by atoms with E-state index in [0.717, 1.165) is 18.7 Å². The molecule has 2 aromatic heterocycles. The highest BCUT2D eigenvalue weighted by atomic mass is 16.5. The number of amides is 2. The molecule has 0 radical (unpaired) electrons. The summed E-state index contributed by atoms with van der Waals surface area (Å²) < 4.78 is 17.7. The average Bonchev–Trinajstić information content (AvgIpc) is 3.46. The van der Waals surface area contributed by atoms with Crippen LogP contribution in [0.3, 0.4) is 0 Å². The number of aromatic nitrogens is 2. The number of nitrogens with zero attached hydrogens (tertiary/aromatic N) is 3. The summed E-state index contributed by atoms with van der Waals surface area (Å²) in [7, 11) is 1.64. The second-order valence-corrected chi connectivity index (χ2v) is 7.01. The summed E-state index contributed by atoms with van der Waals surface area (Å²) in [6.45, 7) is 2.78. The van der Waals surface area contributed by atoms with E-state index in [4.69, 9.17) is 13.9 Å². The van der Waals surface area contributed by atoms with E-state index < -0.39 is 0 Å². The number of likely N-dealkylation sites (tertiary alicyclic amines) is 1. The third-order valence-electron chi connectivity index (χ3n) is 4.98. The lowest BCUT2D eigenvalue weighted by atomic mass is 9.96. The second kappa shape index (κ2) is 11.3. The van der Waals surface area contributed by atoms with E-state index in [1.54, 1.807) is 36.4 Å². The van der Waals surface area contributed by atoms with Crippen molar-refractivity contribution in [3.8, 4) is 0 Å². The Hall–Kier alpha value is -2.91. The molecule has 0 aromatic carbocycles. The van der Waals surface area contributed by atoms with Crippen molar-refractivity contribution in [2.45, 2.75) is 25.5 Å². The lowest BCUT2D eigenvalue weighted by molar-refractivity contribution is -0.133. The molecular formula is C21H28N4O5. The van der Waals surface area contributed by atoms with Crippen LogP contribution in [0.4, 0.5) is 0 Å². The first kappa shape index (κ1) is 21.8. The van der Waals surface area contributed by atoms with Gasteiger partial charge in [-0.1, -0.05) is 0 Å². The fraction of sp³-hybridized carbons (Fsp3) is 0.476. The SMILES string of the molecule is COCCOCn1ccnc1C1CCN(C(=O)CNC(=O)C=Cc2ccco2)CC1. The standard InChI is InChI=1S/C21H28N4O5/c1-28-13-14-29-16-25-11-8-22-21(25)17-6-9-24(10-7-17)20(27)15-23-19(26)5-4-18-3-2-12-30-18/h2-5,8,11-12,17H,6-7,9-10,13-16H2,1H3,(H,23,26). The van der Waals surface area contributed by atoms with Crippen LogP contribution in [0.5, 0.6) is 0 Å². The minimum Gasteiger partial charge on any atom is -0.465 e. The zero-order valence-electron chi connectivity index (χ0n) is 17.2. The molecule has 2 aromatic rings. The van der Waals surface area contributed by atoms with Crippen LogP contribution in [-0.2, 0) is 25.8 Å². The Labute approximate surface area is 175 Å². The second-order valence-electron chi connectivity index (χ2n) is 7.01. The van der Waals surface area contributed by atoms with Crippen molar-refractivity contribution in [2.24, 2.45) is 0 Å². The molecule has 9 heteroatoms.